The maximum Gasteiger partial charge on any atom is 0.407 e. The summed E-state index contributed by atoms with van der Waals surface area (Å²) in [6.07, 6.45) is 1.54. The normalized spacial score (nSPS) is 21.9. The van der Waals surface area contributed by atoms with E-state index in [1.165, 1.54) is 0 Å². The zero-order valence-electron chi connectivity index (χ0n) is 15.5. The number of hydrogen-bond acceptors (Lipinski definition) is 4. The summed E-state index contributed by atoms with van der Waals surface area (Å²) in [5, 5.41) is 14.2. The van der Waals surface area contributed by atoms with Crippen LogP contribution in [-0.2, 0) is 9.16 Å². The first-order chi connectivity index (χ1) is 11.0. The number of rotatable bonds is 6. The first-order valence-corrected chi connectivity index (χ1v) is 11.5. The van der Waals surface area contributed by atoms with Crippen molar-refractivity contribution in [1.29, 1.82) is 0 Å². The van der Waals surface area contributed by atoms with Crippen LogP contribution < -0.4 is 10.6 Å². The maximum atomic E-state index is 11.8. The highest BCUT2D eigenvalue weighted by Gasteiger charge is 2.37. The van der Waals surface area contributed by atoms with Crippen LogP contribution in [0.15, 0.2) is 0 Å². The van der Waals surface area contributed by atoms with Crippen molar-refractivity contribution in [3.05, 3.63) is 0 Å². The molecule has 1 aliphatic rings. The van der Waals surface area contributed by atoms with Crippen molar-refractivity contribution in [1.82, 2.24) is 10.6 Å². The third-order valence-electron chi connectivity index (χ3n) is 4.96. The standard InChI is InChI=1S/C16H32N2O5Si/c1-16(2,3)24(4,5)23-11-10-22-15(21)18-13-8-6-12(7-9-13)17-14(19)20/h12-13,17H,6-11H2,1-5H3,(H,18,21)(H,19,20)/t12-,13-. The van der Waals surface area contributed by atoms with Crippen LogP contribution in [0, 0.1) is 0 Å². The fourth-order valence-corrected chi connectivity index (χ4v) is 3.44. The van der Waals surface area contributed by atoms with Crippen LogP contribution in [0.5, 0.6) is 0 Å². The van der Waals surface area contributed by atoms with Gasteiger partial charge in [0.1, 0.15) is 6.61 Å². The number of alkyl carbamates (subject to hydrolysis) is 1. The molecule has 1 fully saturated rings. The number of amides is 2. The molecule has 8 heteroatoms. The van der Waals surface area contributed by atoms with E-state index >= 15 is 0 Å². The number of carbonyl (C=O) groups is 2. The average molecular weight is 361 g/mol. The third kappa shape index (κ3) is 7.08. The van der Waals surface area contributed by atoms with Crippen LogP contribution in [0.25, 0.3) is 0 Å². The molecule has 1 saturated carbocycles. The Morgan fingerprint density at radius 3 is 2.00 bits per heavy atom. The summed E-state index contributed by atoms with van der Waals surface area (Å²) in [6.45, 7) is 11.5. The summed E-state index contributed by atoms with van der Waals surface area (Å²) in [5.41, 5.74) is 0. The summed E-state index contributed by atoms with van der Waals surface area (Å²) in [4.78, 5) is 22.4. The molecular weight excluding hydrogens is 328 g/mol. The fourth-order valence-electron chi connectivity index (χ4n) is 2.41. The zero-order chi connectivity index (χ0) is 18.4. The number of hydrogen-bond donors (Lipinski definition) is 3. The van der Waals surface area contributed by atoms with Gasteiger partial charge >= 0.3 is 12.2 Å². The van der Waals surface area contributed by atoms with E-state index in [9.17, 15) is 9.59 Å². The fraction of sp³-hybridized carbons (Fsp3) is 0.875. The van der Waals surface area contributed by atoms with Crippen molar-refractivity contribution < 1.29 is 23.9 Å². The molecule has 0 unspecified atom stereocenters. The molecule has 0 heterocycles. The van der Waals surface area contributed by atoms with Crippen LogP contribution >= 0.6 is 0 Å². The first kappa shape index (κ1) is 20.8. The molecule has 0 aliphatic heterocycles. The number of carbonyl (C=O) groups excluding carboxylic acids is 1. The quantitative estimate of drug-likeness (QED) is 0.499. The van der Waals surface area contributed by atoms with Gasteiger partial charge in [-0.1, -0.05) is 20.8 Å². The molecule has 3 N–H and O–H groups in total. The van der Waals surface area contributed by atoms with Gasteiger partial charge in [0.15, 0.2) is 8.32 Å². The molecule has 2 amide bonds. The van der Waals surface area contributed by atoms with E-state index in [0.29, 0.717) is 6.61 Å². The van der Waals surface area contributed by atoms with Crippen molar-refractivity contribution in [2.75, 3.05) is 13.2 Å². The SMILES string of the molecule is CC(C)(C)[Si](C)(C)OCCOC(=O)N[C@H]1CC[C@H](NC(=O)O)CC1. The Bertz CT molecular complexity index is 429. The lowest BCUT2D eigenvalue weighted by molar-refractivity contribution is 0.115. The van der Waals surface area contributed by atoms with Gasteiger partial charge in [-0.05, 0) is 43.8 Å². The van der Waals surface area contributed by atoms with E-state index in [4.69, 9.17) is 14.3 Å². The molecule has 0 spiro atoms. The van der Waals surface area contributed by atoms with E-state index in [2.05, 4.69) is 44.5 Å². The van der Waals surface area contributed by atoms with Crippen molar-refractivity contribution in [2.45, 2.75) is 76.7 Å². The lowest BCUT2D eigenvalue weighted by Gasteiger charge is -2.36. The molecule has 1 aliphatic carbocycles. The number of carboxylic acid groups (broad SMARTS) is 1. The predicted molar refractivity (Wildman–Crippen MR) is 94.8 cm³/mol. The minimum Gasteiger partial charge on any atom is -0.465 e. The Hall–Kier alpha value is -1.28. The van der Waals surface area contributed by atoms with Gasteiger partial charge in [-0.2, -0.15) is 0 Å². The molecule has 24 heavy (non-hydrogen) atoms. The zero-order valence-corrected chi connectivity index (χ0v) is 16.5. The van der Waals surface area contributed by atoms with Gasteiger partial charge in [0.2, 0.25) is 0 Å². The van der Waals surface area contributed by atoms with Gasteiger partial charge < -0.3 is 24.9 Å². The van der Waals surface area contributed by atoms with Gasteiger partial charge in [-0.15, -0.1) is 0 Å². The van der Waals surface area contributed by atoms with Gasteiger partial charge in [0, 0.05) is 12.1 Å². The van der Waals surface area contributed by atoms with Gasteiger partial charge in [0.05, 0.1) is 6.61 Å². The van der Waals surface area contributed by atoms with Crippen LogP contribution in [0.4, 0.5) is 9.59 Å². The Labute approximate surface area is 145 Å². The minimum absolute atomic E-state index is 0.0189. The van der Waals surface area contributed by atoms with Crippen molar-refractivity contribution in [2.24, 2.45) is 0 Å². The Morgan fingerprint density at radius 2 is 1.54 bits per heavy atom. The average Bonchev–Trinajstić information content (AvgIpc) is 2.44. The summed E-state index contributed by atoms with van der Waals surface area (Å²) in [6, 6.07) is 0.0280. The van der Waals surface area contributed by atoms with Crippen LogP contribution in [0.1, 0.15) is 46.5 Å². The van der Waals surface area contributed by atoms with Crippen LogP contribution in [-0.4, -0.2) is 50.9 Å². The lowest BCUT2D eigenvalue weighted by Crippen LogP contribution is -2.44. The number of nitrogens with one attached hydrogen (secondary N) is 2. The second-order valence-corrected chi connectivity index (χ2v) is 12.7. The molecule has 0 aromatic carbocycles. The third-order valence-corrected chi connectivity index (χ3v) is 9.50. The minimum atomic E-state index is -1.81. The molecule has 1 rings (SSSR count). The van der Waals surface area contributed by atoms with Gasteiger partial charge in [-0.3, -0.25) is 0 Å². The summed E-state index contributed by atoms with van der Waals surface area (Å²) >= 11 is 0. The largest absolute Gasteiger partial charge is 0.465 e. The second-order valence-electron chi connectivity index (χ2n) is 7.89. The molecule has 140 valence electrons. The molecule has 7 nitrogen and oxygen atoms in total. The van der Waals surface area contributed by atoms with Crippen molar-refractivity contribution >= 4 is 20.5 Å². The van der Waals surface area contributed by atoms with Crippen molar-refractivity contribution in [3.8, 4) is 0 Å². The van der Waals surface area contributed by atoms with E-state index in [1.54, 1.807) is 0 Å². The topological polar surface area (TPSA) is 96.9 Å². The molecule has 0 aromatic rings. The highest BCUT2D eigenvalue weighted by atomic mass is 28.4. The maximum absolute atomic E-state index is 11.8. The van der Waals surface area contributed by atoms with E-state index in [0.717, 1.165) is 25.7 Å². The summed E-state index contributed by atoms with van der Waals surface area (Å²) in [7, 11) is -1.81. The summed E-state index contributed by atoms with van der Waals surface area (Å²) in [5.74, 6) is 0. The van der Waals surface area contributed by atoms with Crippen molar-refractivity contribution in [3.63, 3.8) is 0 Å². The Balaban J connectivity index is 2.18. The predicted octanol–water partition coefficient (Wildman–Crippen LogP) is 3.31. The molecular formula is C16H32N2O5Si. The van der Waals surface area contributed by atoms with Gasteiger partial charge in [0.25, 0.3) is 0 Å². The van der Waals surface area contributed by atoms with Gasteiger partial charge in [-0.25, -0.2) is 9.59 Å². The second kappa shape index (κ2) is 8.71. The Morgan fingerprint density at radius 1 is 1.04 bits per heavy atom. The summed E-state index contributed by atoms with van der Waals surface area (Å²) < 4.78 is 11.1. The number of ether oxygens (including phenoxy) is 1. The first-order valence-electron chi connectivity index (χ1n) is 8.58. The van der Waals surface area contributed by atoms with E-state index in [-0.39, 0.29) is 23.7 Å². The molecule has 0 bridgehead atoms. The Kier molecular flexibility index (Phi) is 7.53. The van der Waals surface area contributed by atoms with E-state index < -0.39 is 20.5 Å². The highest BCUT2D eigenvalue weighted by Crippen LogP contribution is 2.36. The highest BCUT2D eigenvalue weighted by molar-refractivity contribution is 6.74. The molecule has 0 saturated heterocycles. The molecule has 0 aromatic heterocycles. The van der Waals surface area contributed by atoms with Crippen LogP contribution in [0.2, 0.25) is 18.1 Å². The van der Waals surface area contributed by atoms with Crippen LogP contribution in [0.3, 0.4) is 0 Å². The van der Waals surface area contributed by atoms with E-state index in [1.807, 2.05) is 0 Å². The molecule has 0 atom stereocenters. The molecule has 0 radical (unpaired) electrons. The smallest absolute Gasteiger partial charge is 0.407 e. The lowest BCUT2D eigenvalue weighted by atomic mass is 9.91. The monoisotopic (exact) mass is 360 g/mol.